The van der Waals surface area contributed by atoms with Crippen molar-refractivity contribution >= 4 is 23.9 Å². The van der Waals surface area contributed by atoms with Crippen LogP contribution >= 0.6 is 0 Å². The largest absolute Gasteiger partial charge is 0.434 e. The molecule has 0 saturated heterocycles. The normalized spacial score (nSPS) is 18.3. The summed E-state index contributed by atoms with van der Waals surface area (Å²) in [6, 6.07) is 0. The SMILES string of the molecule is CC(OCC(COC(C)OC(=O)C(C)O)C(OC(=O)C(C)O)OC(=O)C(C)O)OC(=O)C(C)O. The zero-order chi connectivity index (χ0) is 26.6. The molecule has 6 unspecified atom stereocenters. The van der Waals surface area contributed by atoms with Crippen LogP contribution in [-0.4, -0.2) is 101 Å². The van der Waals surface area contributed by atoms with Gasteiger partial charge in [-0.15, -0.1) is 0 Å². The number of esters is 4. The summed E-state index contributed by atoms with van der Waals surface area (Å²) < 4.78 is 30.4. The number of ether oxygens (including phenoxy) is 6. The number of rotatable bonds is 15. The van der Waals surface area contributed by atoms with Crippen molar-refractivity contribution in [3.8, 4) is 0 Å². The Hall–Kier alpha value is -2.36. The topological polar surface area (TPSA) is 205 Å². The lowest BCUT2D eigenvalue weighted by molar-refractivity contribution is -0.229. The van der Waals surface area contributed by atoms with Gasteiger partial charge in [-0.2, -0.15) is 0 Å². The highest BCUT2D eigenvalue weighted by molar-refractivity contribution is 5.76. The standard InChI is InChI=1S/C20H34O14/c1-9(21)16(25)31-13(5)29-7-15(8-30-14(6)32-17(26)10(2)22)20(33-18(27)11(3)23)34-19(28)12(4)24/h9-15,20-24H,7-8H2,1-6H3. The van der Waals surface area contributed by atoms with E-state index in [1.165, 1.54) is 27.7 Å². The molecule has 0 spiro atoms. The summed E-state index contributed by atoms with van der Waals surface area (Å²) in [5, 5.41) is 37.3. The monoisotopic (exact) mass is 498 g/mol. The number of hydrogen-bond acceptors (Lipinski definition) is 14. The quantitative estimate of drug-likeness (QED) is 0.113. The molecule has 0 aliphatic carbocycles. The van der Waals surface area contributed by atoms with E-state index in [1.807, 2.05) is 0 Å². The van der Waals surface area contributed by atoms with Gasteiger partial charge in [0.1, 0.15) is 24.4 Å². The molecule has 0 aromatic rings. The highest BCUT2D eigenvalue weighted by Gasteiger charge is 2.33. The molecule has 0 saturated carbocycles. The predicted molar refractivity (Wildman–Crippen MR) is 109 cm³/mol. The summed E-state index contributed by atoms with van der Waals surface area (Å²) in [5.41, 5.74) is 0. The van der Waals surface area contributed by atoms with Crippen molar-refractivity contribution in [3.05, 3.63) is 0 Å². The molecule has 0 heterocycles. The fourth-order valence-corrected chi connectivity index (χ4v) is 1.96. The smallest absolute Gasteiger partial charge is 0.337 e. The van der Waals surface area contributed by atoms with E-state index < -0.39 is 86.3 Å². The third-order valence-corrected chi connectivity index (χ3v) is 3.87. The predicted octanol–water partition coefficient (Wildman–Crippen LogP) is -1.65. The van der Waals surface area contributed by atoms with Crippen LogP contribution in [0.1, 0.15) is 41.5 Å². The van der Waals surface area contributed by atoms with Gasteiger partial charge in [0.15, 0.2) is 12.6 Å². The van der Waals surface area contributed by atoms with Gasteiger partial charge in [0.2, 0.25) is 0 Å². The molecule has 0 radical (unpaired) electrons. The minimum absolute atomic E-state index is 0.434. The van der Waals surface area contributed by atoms with Gasteiger partial charge in [-0.1, -0.05) is 0 Å². The van der Waals surface area contributed by atoms with Crippen molar-refractivity contribution in [2.75, 3.05) is 13.2 Å². The molecule has 0 aromatic carbocycles. The first kappa shape index (κ1) is 31.6. The number of hydrogen-bond donors (Lipinski definition) is 4. The molecule has 0 amide bonds. The molecule has 0 rings (SSSR count). The minimum atomic E-state index is -1.75. The zero-order valence-electron chi connectivity index (χ0n) is 19.9. The average Bonchev–Trinajstić information content (AvgIpc) is 2.72. The van der Waals surface area contributed by atoms with Crippen molar-refractivity contribution in [1.29, 1.82) is 0 Å². The average molecular weight is 498 g/mol. The van der Waals surface area contributed by atoms with Crippen molar-refractivity contribution in [3.63, 3.8) is 0 Å². The number of carbonyl (C=O) groups excluding carboxylic acids is 4. The van der Waals surface area contributed by atoms with Crippen LogP contribution in [0.15, 0.2) is 0 Å². The van der Waals surface area contributed by atoms with Gasteiger partial charge in [-0.25, -0.2) is 19.2 Å². The van der Waals surface area contributed by atoms with Gasteiger partial charge in [-0.05, 0) is 41.5 Å². The van der Waals surface area contributed by atoms with Crippen LogP contribution in [0.4, 0.5) is 0 Å². The zero-order valence-corrected chi connectivity index (χ0v) is 19.9. The van der Waals surface area contributed by atoms with Crippen LogP contribution in [0.3, 0.4) is 0 Å². The maximum atomic E-state index is 11.9. The molecule has 14 heteroatoms. The molecule has 0 bridgehead atoms. The van der Waals surface area contributed by atoms with E-state index in [9.17, 15) is 39.6 Å². The third kappa shape index (κ3) is 12.8. The summed E-state index contributed by atoms with van der Waals surface area (Å²) in [5.74, 6) is -5.44. The summed E-state index contributed by atoms with van der Waals surface area (Å²) in [6.45, 7) is 6.35. The van der Waals surface area contributed by atoms with E-state index in [0.29, 0.717) is 0 Å². The van der Waals surface area contributed by atoms with Gasteiger partial charge >= 0.3 is 23.9 Å². The lowest BCUT2D eigenvalue weighted by Crippen LogP contribution is -2.42. The first-order valence-electron chi connectivity index (χ1n) is 10.4. The Morgan fingerprint density at radius 1 is 0.529 bits per heavy atom. The summed E-state index contributed by atoms with van der Waals surface area (Å²) in [4.78, 5) is 46.9. The highest BCUT2D eigenvalue weighted by atomic mass is 16.7. The van der Waals surface area contributed by atoms with Gasteiger partial charge in [0.05, 0.1) is 19.1 Å². The molecule has 0 aliphatic heterocycles. The van der Waals surface area contributed by atoms with E-state index in [-0.39, 0.29) is 0 Å². The van der Waals surface area contributed by atoms with E-state index in [2.05, 4.69) is 0 Å². The molecular weight excluding hydrogens is 464 g/mol. The Balaban J connectivity index is 5.55. The molecule has 0 aromatic heterocycles. The molecule has 6 atom stereocenters. The van der Waals surface area contributed by atoms with E-state index >= 15 is 0 Å². The van der Waals surface area contributed by atoms with E-state index in [1.54, 1.807) is 0 Å². The second-order valence-corrected chi connectivity index (χ2v) is 7.38. The summed E-state index contributed by atoms with van der Waals surface area (Å²) in [6.07, 6.45) is -10.2. The molecule has 198 valence electrons. The van der Waals surface area contributed by atoms with Crippen molar-refractivity contribution in [2.45, 2.75) is 84.8 Å². The van der Waals surface area contributed by atoms with Gasteiger partial charge in [-0.3, -0.25) is 0 Å². The van der Waals surface area contributed by atoms with Crippen LogP contribution in [0.25, 0.3) is 0 Å². The molecule has 34 heavy (non-hydrogen) atoms. The fraction of sp³-hybridized carbons (Fsp3) is 0.800. The first-order valence-corrected chi connectivity index (χ1v) is 10.4. The Kier molecular flexibility index (Phi) is 14.4. The van der Waals surface area contributed by atoms with Crippen LogP contribution in [-0.2, 0) is 47.6 Å². The van der Waals surface area contributed by atoms with E-state index in [0.717, 1.165) is 13.8 Å². The van der Waals surface area contributed by atoms with Crippen LogP contribution in [0, 0.1) is 5.92 Å². The van der Waals surface area contributed by atoms with Crippen molar-refractivity contribution in [2.24, 2.45) is 5.92 Å². The molecule has 0 aliphatic rings. The Bertz CT molecular complexity index is 606. The second-order valence-electron chi connectivity index (χ2n) is 7.38. The maximum absolute atomic E-state index is 11.9. The highest BCUT2D eigenvalue weighted by Crippen LogP contribution is 2.17. The molecule has 4 N–H and O–H groups in total. The Morgan fingerprint density at radius 2 is 0.794 bits per heavy atom. The van der Waals surface area contributed by atoms with Gasteiger partial charge in [0.25, 0.3) is 6.29 Å². The van der Waals surface area contributed by atoms with Crippen LogP contribution < -0.4 is 0 Å². The number of aliphatic hydroxyl groups is 4. The first-order chi connectivity index (χ1) is 15.6. The molecule has 0 fully saturated rings. The Labute approximate surface area is 196 Å². The van der Waals surface area contributed by atoms with Crippen molar-refractivity contribution < 1.29 is 68.0 Å². The van der Waals surface area contributed by atoms with Crippen LogP contribution in [0.5, 0.6) is 0 Å². The maximum Gasteiger partial charge on any atom is 0.337 e. The minimum Gasteiger partial charge on any atom is -0.434 e. The van der Waals surface area contributed by atoms with E-state index in [4.69, 9.17) is 28.4 Å². The van der Waals surface area contributed by atoms with Gasteiger partial charge < -0.3 is 48.8 Å². The third-order valence-electron chi connectivity index (χ3n) is 3.87. The lowest BCUT2D eigenvalue weighted by Gasteiger charge is -2.29. The van der Waals surface area contributed by atoms with Gasteiger partial charge in [0, 0.05) is 0 Å². The van der Waals surface area contributed by atoms with Crippen LogP contribution in [0.2, 0.25) is 0 Å². The molecule has 14 nitrogen and oxygen atoms in total. The fourth-order valence-electron chi connectivity index (χ4n) is 1.96. The summed E-state index contributed by atoms with van der Waals surface area (Å²) in [7, 11) is 0. The lowest BCUT2D eigenvalue weighted by atomic mass is 10.1. The summed E-state index contributed by atoms with van der Waals surface area (Å²) >= 11 is 0. The molecular formula is C20H34O14. The van der Waals surface area contributed by atoms with Crippen molar-refractivity contribution in [1.82, 2.24) is 0 Å². The second kappa shape index (κ2) is 15.5. The number of carbonyl (C=O) groups is 4. The number of aliphatic hydroxyl groups excluding tert-OH is 4. The Morgan fingerprint density at radius 3 is 1.06 bits per heavy atom.